The number of carboxylic acid groups (broad SMARTS) is 1. The van der Waals surface area contributed by atoms with Crippen LogP contribution in [0.5, 0.6) is 0 Å². The first-order valence-electron chi connectivity index (χ1n) is 10.1. The van der Waals surface area contributed by atoms with Crippen LogP contribution in [0.1, 0.15) is 53.7 Å². The lowest BCUT2D eigenvalue weighted by Gasteiger charge is -2.28. The van der Waals surface area contributed by atoms with Crippen LogP contribution in [-0.2, 0) is 0 Å². The fourth-order valence-corrected chi connectivity index (χ4v) is 3.99. The molecular weight excluding hydrogens is 364 g/mol. The molecule has 6 nitrogen and oxygen atoms in total. The Hall–Kier alpha value is -3.15. The zero-order valence-corrected chi connectivity index (χ0v) is 16.9. The molecule has 1 fully saturated rings. The quantitative estimate of drug-likeness (QED) is 0.651. The Morgan fingerprint density at radius 1 is 1.17 bits per heavy atom. The van der Waals surface area contributed by atoms with Gasteiger partial charge in [0.2, 0.25) is 0 Å². The van der Waals surface area contributed by atoms with E-state index in [2.05, 4.69) is 21.3 Å². The van der Waals surface area contributed by atoms with Crippen molar-refractivity contribution in [2.45, 2.75) is 39.2 Å². The van der Waals surface area contributed by atoms with Crippen molar-refractivity contribution in [2.75, 3.05) is 23.3 Å². The number of carboxylic acids is 1. The Bertz CT molecular complexity index is 1040. The molecule has 150 valence electrons. The van der Waals surface area contributed by atoms with E-state index in [0.717, 1.165) is 41.1 Å². The van der Waals surface area contributed by atoms with Gasteiger partial charge in [0.15, 0.2) is 0 Å². The molecule has 0 radical (unpaired) electrons. The van der Waals surface area contributed by atoms with Gasteiger partial charge in [0.05, 0.1) is 28.8 Å². The maximum atomic E-state index is 11.6. The van der Waals surface area contributed by atoms with Crippen LogP contribution in [0.3, 0.4) is 0 Å². The first-order chi connectivity index (χ1) is 14.0. The van der Waals surface area contributed by atoms with Crippen LogP contribution in [0.4, 0.5) is 11.5 Å². The number of carbonyl (C=O) groups is 1. The molecule has 0 spiro atoms. The molecule has 4 rings (SSSR count). The molecule has 2 aromatic carbocycles. The van der Waals surface area contributed by atoms with E-state index in [1.54, 1.807) is 18.2 Å². The third kappa shape index (κ3) is 4.01. The van der Waals surface area contributed by atoms with E-state index in [4.69, 9.17) is 4.98 Å². The average molecular weight is 390 g/mol. The van der Waals surface area contributed by atoms with Crippen LogP contribution < -0.4 is 10.2 Å². The van der Waals surface area contributed by atoms with E-state index in [0.29, 0.717) is 5.69 Å². The summed E-state index contributed by atoms with van der Waals surface area (Å²) in [6, 6.07) is 11.0. The summed E-state index contributed by atoms with van der Waals surface area (Å²) < 4.78 is 0. The minimum Gasteiger partial charge on any atom is -0.478 e. The second kappa shape index (κ2) is 8.07. The van der Waals surface area contributed by atoms with Crippen molar-refractivity contribution in [3.8, 4) is 0 Å². The third-order valence-corrected chi connectivity index (χ3v) is 5.49. The number of nitrogens with one attached hydrogen (secondary N) is 1. The first kappa shape index (κ1) is 19.2. The highest BCUT2D eigenvalue weighted by molar-refractivity contribution is 5.94. The number of fused-ring (bicyclic) bond motifs is 1. The molecule has 29 heavy (non-hydrogen) atoms. The molecule has 1 atom stereocenters. The van der Waals surface area contributed by atoms with Crippen molar-refractivity contribution in [1.29, 1.82) is 0 Å². The van der Waals surface area contributed by atoms with Crippen LogP contribution in [0, 0.1) is 6.92 Å². The van der Waals surface area contributed by atoms with Crippen molar-refractivity contribution in [2.24, 2.45) is 0 Å². The molecule has 0 saturated carbocycles. The molecule has 0 unspecified atom stereocenters. The summed E-state index contributed by atoms with van der Waals surface area (Å²) in [4.78, 5) is 23.5. The van der Waals surface area contributed by atoms with E-state index < -0.39 is 5.97 Å². The van der Waals surface area contributed by atoms with E-state index in [1.807, 2.05) is 32.2 Å². The van der Waals surface area contributed by atoms with Crippen molar-refractivity contribution >= 4 is 28.5 Å². The van der Waals surface area contributed by atoms with Gasteiger partial charge in [0, 0.05) is 24.3 Å². The number of benzene rings is 2. The number of hydrogen-bond acceptors (Lipinski definition) is 5. The van der Waals surface area contributed by atoms with E-state index in [1.165, 1.54) is 19.3 Å². The van der Waals surface area contributed by atoms with E-state index in [-0.39, 0.29) is 11.6 Å². The number of aromatic carboxylic acids is 1. The number of nitrogens with zero attached hydrogens (tertiary/aromatic N) is 3. The molecule has 3 aromatic rings. The number of aromatic nitrogens is 2. The van der Waals surface area contributed by atoms with Gasteiger partial charge in [-0.2, -0.15) is 0 Å². The average Bonchev–Trinajstić information content (AvgIpc) is 2.73. The fourth-order valence-electron chi connectivity index (χ4n) is 3.99. The molecule has 1 aliphatic rings. The van der Waals surface area contributed by atoms with Crippen LogP contribution in [0.15, 0.2) is 42.6 Å². The van der Waals surface area contributed by atoms with Crippen LogP contribution in [-0.4, -0.2) is 34.1 Å². The van der Waals surface area contributed by atoms with Crippen LogP contribution in [0.2, 0.25) is 0 Å². The van der Waals surface area contributed by atoms with Crippen molar-refractivity contribution < 1.29 is 9.90 Å². The predicted molar refractivity (Wildman–Crippen MR) is 116 cm³/mol. The minimum absolute atomic E-state index is 0.121. The van der Waals surface area contributed by atoms with Gasteiger partial charge in [-0.05, 0) is 56.9 Å². The van der Waals surface area contributed by atoms with Crippen molar-refractivity contribution in [3.63, 3.8) is 0 Å². The molecule has 0 aliphatic carbocycles. The predicted octanol–water partition coefficient (Wildman–Crippen LogP) is 4.80. The maximum absolute atomic E-state index is 11.6. The van der Waals surface area contributed by atoms with Gasteiger partial charge >= 0.3 is 5.97 Å². The number of aryl methyl sites for hydroxylation is 1. The lowest BCUT2D eigenvalue weighted by molar-refractivity contribution is 0.0698. The molecular formula is C23H26N4O2. The highest BCUT2D eigenvalue weighted by atomic mass is 16.4. The van der Waals surface area contributed by atoms with Gasteiger partial charge in [0.1, 0.15) is 5.82 Å². The summed E-state index contributed by atoms with van der Waals surface area (Å²) in [5, 5.41) is 12.8. The molecule has 1 saturated heterocycles. The summed E-state index contributed by atoms with van der Waals surface area (Å²) in [5.41, 5.74) is 4.71. The summed E-state index contributed by atoms with van der Waals surface area (Å²) in [5.74, 6) is -0.0259. The number of hydrogen-bond donors (Lipinski definition) is 2. The Balaban J connectivity index is 1.72. The van der Waals surface area contributed by atoms with E-state index >= 15 is 0 Å². The molecule has 1 aliphatic heterocycles. The first-order valence-corrected chi connectivity index (χ1v) is 10.1. The zero-order chi connectivity index (χ0) is 20.4. The smallest absolute Gasteiger partial charge is 0.337 e. The van der Waals surface area contributed by atoms with Gasteiger partial charge in [-0.25, -0.2) is 9.78 Å². The number of rotatable bonds is 5. The van der Waals surface area contributed by atoms with Crippen LogP contribution in [0.25, 0.3) is 11.0 Å². The topological polar surface area (TPSA) is 78.3 Å². The Morgan fingerprint density at radius 2 is 1.93 bits per heavy atom. The van der Waals surface area contributed by atoms with Gasteiger partial charge in [-0.15, -0.1) is 0 Å². The van der Waals surface area contributed by atoms with Gasteiger partial charge < -0.3 is 15.3 Å². The second-order valence-electron chi connectivity index (χ2n) is 7.71. The highest BCUT2D eigenvalue weighted by Crippen LogP contribution is 2.29. The summed E-state index contributed by atoms with van der Waals surface area (Å²) in [6.45, 7) is 6.10. The van der Waals surface area contributed by atoms with E-state index in [9.17, 15) is 9.90 Å². The fraction of sp³-hybridized carbons (Fsp3) is 0.348. The third-order valence-electron chi connectivity index (χ3n) is 5.49. The monoisotopic (exact) mass is 390 g/mol. The normalized spacial score (nSPS) is 15.3. The van der Waals surface area contributed by atoms with Gasteiger partial charge in [0.25, 0.3) is 0 Å². The molecule has 0 amide bonds. The summed E-state index contributed by atoms with van der Waals surface area (Å²) in [7, 11) is 0. The largest absolute Gasteiger partial charge is 0.478 e. The molecule has 2 N–H and O–H groups in total. The number of piperidine rings is 1. The van der Waals surface area contributed by atoms with Gasteiger partial charge in [-0.1, -0.05) is 18.2 Å². The summed E-state index contributed by atoms with van der Waals surface area (Å²) >= 11 is 0. The Labute approximate surface area is 170 Å². The summed E-state index contributed by atoms with van der Waals surface area (Å²) in [6.07, 6.45) is 5.51. The van der Waals surface area contributed by atoms with Crippen molar-refractivity contribution in [1.82, 2.24) is 9.97 Å². The standard InChI is InChI=1S/C23H26N4O2/c1-15-12-18(16(2)25-19-9-5-4-8-17(19)23(28)29)22-20(13-15)24-14-21(26-22)27-10-6-3-7-11-27/h4-5,8-9,12-14,16,25H,3,6-7,10-11H2,1-2H3,(H,28,29)/t16-/m1/s1. The Kier molecular flexibility index (Phi) is 5.34. The zero-order valence-electron chi connectivity index (χ0n) is 16.9. The van der Waals surface area contributed by atoms with Crippen LogP contribution >= 0.6 is 0 Å². The highest BCUT2D eigenvalue weighted by Gasteiger charge is 2.18. The number of para-hydroxylation sites is 1. The number of anilines is 2. The Morgan fingerprint density at radius 3 is 2.69 bits per heavy atom. The lowest BCUT2D eigenvalue weighted by Crippen LogP contribution is -2.30. The lowest BCUT2D eigenvalue weighted by atomic mass is 10.0. The van der Waals surface area contributed by atoms with Crippen molar-refractivity contribution in [3.05, 3.63) is 59.3 Å². The SMILES string of the molecule is Cc1cc([C@@H](C)Nc2ccccc2C(=O)O)c2nc(N3CCCCC3)cnc2c1. The molecule has 1 aromatic heterocycles. The molecule has 6 heteroatoms. The molecule has 2 heterocycles. The maximum Gasteiger partial charge on any atom is 0.337 e. The molecule has 0 bridgehead atoms. The second-order valence-corrected chi connectivity index (χ2v) is 7.71. The minimum atomic E-state index is -0.943. The van der Waals surface area contributed by atoms with Gasteiger partial charge in [-0.3, -0.25) is 4.98 Å².